The Kier molecular flexibility index (Phi) is 2.25. The van der Waals surface area contributed by atoms with Gasteiger partial charge in [0.25, 0.3) is 0 Å². The van der Waals surface area contributed by atoms with Crippen molar-refractivity contribution in [3.05, 3.63) is 11.8 Å². The van der Waals surface area contributed by atoms with E-state index in [1.165, 1.54) is 32.8 Å². The Hall–Kier alpha value is -0.990. The van der Waals surface area contributed by atoms with Crippen molar-refractivity contribution in [2.75, 3.05) is 7.11 Å². The fourth-order valence-corrected chi connectivity index (χ4v) is 2.24. The zero-order valence-corrected chi connectivity index (χ0v) is 7.88. The van der Waals surface area contributed by atoms with Crippen LogP contribution in [0.1, 0.15) is 25.7 Å². The van der Waals surface area contributed by atoms with Gasteiger partial charge in [0.15, 0.2) is 0 Å². The van der Waals surface area contributed by atoms with Crippen LogP contribution in [0, 0.1) is 5.92 Å². The number of rotatable bonds is 1. The molecule has 1 heterocycles. The maximum absolute atomic E-state index is 11.2. The monoisotopic (exact) mass is 181 g/mol. The molecule has 1 saturated carbocycles. The summed E-state index contributed by atoms with van der Waals surface area (Å²) in [4.78, 5) is 11.2. The molecule has 3 heteroatoms. The van der Waals surface area contributed by atoms with Crippen molar-refractivity contribution in [3.8, 4) is 0 Å². The van der Waals surface area contributed by atoms with Gasteiger partial charge in [-0.05, 0) is 24.8 Å². The maximum Gasteiger partial charge on any atom is 0.353 e. The maximum atomic E-state index is 11.2. The molecule has 72 valence electrons. The molecule has 2 aliphatic rings. The van der Waals surface area contributed by atoms with E-state index in [-0.39, 0.29) is 5.97 Å². The van der Waals surface area contributed by atoms with Crippen molar-refractivity contribution in [1.82, 2.24) is 5.32 Å². The van der Waals surface area contributed by atoms with E-state index < -0.39 is 0 Å². The first-order valence-electron chi connectivity index (χ1n) is 4.88. The summed E-state index contributed by atoms with van der Waals surface area (Å²) in [6.45, 7) is 0. The van der Waals surface area contributed by atoms with Gasteiger partial charge in [-0.25, -0.2) is 4.79 Å². The summed E-state index contributed by atoms with van der Waals surface area (Å²) in [6, 6.07) is 0.489. The summed E-state index contributed by atoms with van der Waals surface area (Å²) < 4.78 is 4.67. The average Bonchev–Trinajstić information content (AvgIpc) is 2.59. The third-order valence-corrected chi connectivity index (χ3v) is 2.95. The number of hydrogen-bond donors (Lipinski definition) is 1. The summed E-state index contributed by atoms with van der Waals surface area (Å²) in [5, 5.41) is 3.23. The molecular weight excluding hydrogens is 166 g/mol. The quantitative estimate of drug-likeness (QED) is 0.618. The Balaban J connectivity index is 2.05. The molecule has 2 rings (SSSR count). The molecule has 0 aromatic heterocycles. The molecule has 0 radical (unpaired) electrons. The van der Waals surface area contributed by atoms with Gasteiger partial charge in [0, 0.05) is 6.04 Å². The second kappa shape index (κ2) is 3.40. The molecule has 2 atom stereocenters. The summed E-state index contributed by atoms with van der Waals surface area (Å²) in [6.07, 6.45) is 6.99. The van der Waals surface area contributed by atoms with Gasteiger partial charge in [-0.2, -0.15) is 0 Å². The molecule has 0 spiro atoms. The van der Waals surface area contributed by atoms with Crippen LogP contribution in [-0.4, -0.2) is 19.1 Å². The fourth-order valence-electron chi connectivity index (χ4n) is 2.24. The Morgan fingerprint density at radius 2 is 2.31 bits per heavy atom. The molecule has 1 aliphatic heterocycles. The van der Waals surface area contributed by atoms with E-state index in [1.807, 2.05) is 6.08 Å². The number of fused-ring (bicyclic) bond motifs is 1. The summed E-state index contributed by atoms with van der Waals surface area (Å²) in [5.74, 6) is 0.331. The topological polar surface area (TPSA) is 38.3 Å². The lowest BCUT2D eigenvalue weighted by Crippen LogP contribution is -2.32. The first-order valence-corrected chi connectivity index (χ1v) is 4.88. The third-order valence-electron chi connectivity index (χ3n) is 2.95. The largest absolute Gasteiger partial charge is 0.464 e. The van der Waals surface area contributed by atoms with E-state index >= 15 is 0 Å². The lowest BCUT2D eigenvalue weighted by atomic mass is 9.86. The van der Waals surface area contributed by atoms with Gasteiger partial charge >= 0.3 is 5.97 Å². The summed E-state index contributed by atoms with van der Waals surface area (Å²) >= 11 is 0. The molecule has 0 aromatic rings. The standard InChI is InChI=1S/C10H15NO2/c1-13-10(12)9-6-7-4-2-3-5-8(7)11-9/h6-8,11H,2-5H2,1H3. The van der Waals surface area contributed by atoms with Crippen molar-refractivity contribution in [2.24, 2.45) is 5.92 Å². The molecule has 2 unspecified atom stereocenters. The average molecular weight is 181 g/mol. The molecule has 0 aromatic carbocycles. The number of carbonyl (C=O) groups excluding carboxylic acids is 1. The Morgan fingerprint density at radius 3 is 3.00 bits per heavy atom. The predicted octanol–water partition coefficient (Wildman–Crippen LogP) is 1.21. The highest BCUT2D eigenvalue weighted by Crippen LogP contribution is 2.30. The minimum atomic E-state index is -0.227. The van der Waals surface area contributed by atoms with Crippen LogP contribution >= 0.6 is 0 Å². The summed E-state index contributed by atoms with van der Waals surface area (Å²) in [5.41, 5.74) is 0.666. The lowest BCUT2D eigenvalue weighted by molar-refractivity contribution is -0.136. The van der Waals surface area contributed by atoms with E-state index in [9.17, 15) is 4.79 Å². The van der Waals surface area contributed by atoms with Crippen molar-refractivity contribution < 1.29 is 9.53 Å². The SMILES string of the molecule is COC(=O)C1=CC2CCCCC2N1. The van der Waals surface area contributed by atoms with Crippen LogP contribution in [0.3, 0.4) is 0 Å². The molecule has 1 N–H and O–H groups in total. The van der Waals surface area contributed by atoms with Crippen LogP contribution < -0.4 is 5.32 Å². The molecular formula is C10H15NO2. The number of hydrogen-bond acceptors (Lipinski definition) is 3. The second-order valence-corrected chi connectivity index (χ2v) is 3.77. The lowest BCUT2D eigenvalue weighted by Gasteiger charge is -2.24. The van der Waals surface area contributed by atoms with Gasteiger partial charge < -0.3 is 10.1 Å². The van der Waals surface area contributed by atoms with Gasteiger partial charge in [-0.1, -0.05) is 12.8 Å². The molecule has 1 aliphatic carbocycles. The van der Waals surface area contributed by atoms with Crippen LogP contribution in [0.4, 0.5) is 0 Å². The van der Waals surface area contributed by atoms with E-state index in [4.69, 9.17) is 0 Å². The first-order chi connectivity index (χ1) is 6.31. The molecule has 13 heavy (non-hydrogen) atoms. The zero-order chi connectivity index (χ0) is 9.26. The van der Waals surface area contributed by atoms with Gasteiger partial charge in [-0.15, -0.1) is 0 Å². The van der Waals surface area contributed by atoms with E-state index in [0.29, 0.717) is 17.7 Å². The minimum Gasteiger partial charge on any atom is -0.464 e. The van der Waals surface area contributed by atoms with Gasteiger partial charge in [0.1, 0.15) is 5.70 Å². The van der Waals surface area contributed by atoms with Crippen LogP contribution in [0.2, 0.25) is 0 Å². The smallest absolute Gasteiger partial charge is 0.353 e. The Labute approximate surface area is 78.1 Å². The van der Waals surface area contributed by atoms with Crippen molar-refractivity contribution in [2.45, 2.75) is 31.7 Å². The number of methoxy groups -OCH3 is 1. The van der Waals surface area contributed by atoms with Crippen LogP contribution in [0.5, 0.6) is 0 Å². The normalized spacial score (nSPS) is 31.6. The summed E-state index contributed by atoms with van der Waals surface area (Å²) in [7, 11) is 1.42. The van der Waals surface area contributed by atoms with Crippen LogP contribution in [0.15, 0.2) is 11.8 Å². The van der Waals surface area contributed by atoms with Crippen molar-refractivity contribution in [1.29, 1.82) is 0 Å². The van der Waals surface area contributed by atoms with E-state index in [0.717, 1.165) is 0 Å². The predicted molar refractivity (Wildman–Crippen MR) is 49.0 cm³/mol. The Morgan fingerprint density at radius 1 is 1.54 bits per heavy atom. The minimum absolute atomic E-state index is 0.227. The highest BCUT2D eigenvalue weighted by Gasteiger charge is 2.31. The molecule has 3 nitrogen and oxygen atoms in total. The molecule has 1 fully saturated rings. The van der Waals surface area contributed by atoms with Gasteiger partial charge in [0.05, 0.1) is 7.11 Å². The van der Waals surface area contributed by atoms with E-state index in [2.05, 4.69) is 10.1 Å². The highest BCUT2D eigenvalue weighted by molar-refractivity contribution is 5.88. The molecule has 0 amide bonds. The number of ether oxygens (including phenoxy) is 1. The van der Waals surface area contributed by atoms with Gasteiger partial charge in [0.2, 0.25) is 0 Å². The highest BCUT2D eigenvalue weighted by atomic mass is 16.5. The second-order valence-electron chi connectivity index (χ2n) is 3.77. The van der Waals surface area contributed by atoms with Crippen molar-refractivity contribution >= 4 is 5.97 Å². The number of carbonyl (C=O) groups is 1. The molecule has 0 saturated heterocycles. The van der Waals surface area contributed by atoms with Crippen LogP contribution in [-0.2, 0) is 9.53 Å². The third kappa shape index (κ3) is 1.55. The first kappa shape index (κ1) is 8.60. The van der Waals surface area contributed by atoms with E-state index in [1.54, 1.807) is 0 Å². The molecule has 0 bridgehead atoms. The number of nitrogens with one attached hydrogen (secondary N) is 1. The zero-order valence-electron chi connectivity index (χ0n) is 7.88. The number of esters is 1. The Bertz CT molecular complexity index is 247. The van der Waals surface area contributed by atoms with Crippen LogP contribution in [0.25, 0.3) is 0 Å². The fraction of sp³-hybridized carbons (Fsp3) is 0.700. The van der Waals surface area contributed by atoms with Crippen molar-refractivity contribution in [3.63, 3.8) is 0 Å². The van der Waals surface area contributed by atoms with Gasteiger partial charge in [-0.3, -0.25) is 0 Å².